The zero-order valence-corrected chi connectivity index (χ0v) is 11.2. The third kappa shape index (κ3) is 2.22. The van der Waals surface area contributed by atoms with Crippen molar-refractivity contribution in [2.24, 2.45) is 5.92 Å². The van der Waals surface area contributed by atoms with Crippen molar-refractivity contribution >= 4 is 21.6 Å². The lowest BCUT2D eigenvalue weighted by Gasteiger charge is -2.28. The molecule has 1 aliphatic rings. The van der Waals surface area contributed by atoms with Gasteiger partial charge in [0.1, 0.15) is 0 Å². The molecule has 1 aromatic carbocycles. The Bertz CT molecular complexity index is 524. The Hall–Kier alpha value is -0.930. The minimum atomic E-state index is 0.526. The fourth-order valence-corrected chi connectivity index (χ4v) is 3.37. The highest BCUT2D eigenvalue weighted by atomic mass is 32.1. The molecular weight excluding hydrogens is 228 g/mol. The summed E-state index contributed by atoms with van der Waals surface area (Å²) < 4.78 is 1.30. The monoisotopic (exact) mass is 246 g/mol. The topological polar surface area (TPSA) is 24.9 Å². The third-order valence-electron chi connectivity index (χ3n) is 3.58. The number of piperidine rings is 1. The van der Waals surface area contributed by atoms with Crippen molar-refractivity contribution in [1.29, 1.82) is 0 Å². The van der Waals surface area contributed by atoms with E-state index in [-0.39, 0.29) is 0 Å². The second-order valence-electron chi connectivity index (χ2n) is 5.10. The van der Waals surface area contributed by atoms with E-state index in [9.17, 15) is 0 Å². The maximum absolute atomic E-state index is 4.57. The van der Waals surface area contributed by atoms with Gasteiger partial charge in [0.05, 0.1) is 15.2 Å². The molecule has 0 radical (unpaired) electrons. The summed E-state index contributed by atoms with van der Waals surface area (Å²) in [6.45, 7) is 5.53. The van der Waals surface area contributed by atoms with Crippen LogP contribution in [0.4, 0.5) is 0 Å². The average molecular weight is 246 g/mol. The summed E-state index contributed by atoms with van der Waals surface area (Å²) in [7, 11) is 0. The van der Waals surface area contributed by atoms with Crippen molar-refractivity contribution in [3.8, 4) is 0 Å². The van der Waals surface area contributed by atoms with Crippen LogP contribution < -0.4 is 5.32 Å². The summed E-state index contributed by atoms with van der Waals surface area (Å²) in [5.74, 6) is 0.816. The van der Waals surface area contributed by atoms with Crippen molar-refractivity contribution in [2.75, 3.05) is 6.54 Å². The first-order valence-corrected chi connectivity index (χ1v) is 7.14. The SMILES string of the molecule is Cc1nc2cc(C3CCC(C)CN3)ccc2s1. The molecule has 3 heteroatoms. The van der Waals surface area contributed by atoms with Crippen LogP contribution >= 0.6 is 11.3 Å². The number of benzene rings is 1. The van der Waals surface area contributed by atoms with E-state index in [4.69, 9.17) is 0 Å². The van der Waals surface area contributed by atoms with Gasteiger partial charge < -0.3 is 5.32 Å². The lowest BCUT2D eigenvalue weighted by Crippen LogP contribution is -2.31. The summed E-state index contributed by atoms with van der Waals surface area (Å²) in [4.78, 5) is 4.57. The van der Waals surface area contributed by atoms with Gasteiger partial charge in [-0.3, -0.25) is 0 Å². The van der Waals surface area contributed by atoms with Gasteiger partial charge in [-0.1, -0.05) is 13.0 Å². The lowest BCUT2D eigenvalue weighted by molar-refractivity contribution is 0.333. The van der Waals surface area contributed by atoms with E-state index in [1.807, 2.05) is 0 Å². The molecule has 0 saturated carbocycles. The van der Waals surface area contributed by atoms with Gasteiger partial charge in [0.2, 0.25) is 0 Å². The van der Waals surface area contributed by atoms with Crippen LogP contribution in [0.25, 0.3) is 10.2 Å². The van der Waals surface area contributed by atoms with Crippen LogP contribution in [0.15, 0.2) is 18.2 Å². The van der Waals surface area contributed by atoms with Crippen molar-refractivity contribution < 1.29 is 0 Å². The van der Waals surface area contributed by atoms with Gasteiger partial charge in [-0.2, -0.15) is 0 Å². The number of aromatic nitrogens is 1. The molecule has 0 amide bonds. The number of nitrogens with one attached hydrogen (secondary N) is 1. The normalized spacial score (nSPS) is 25.3. The van der Waals surface area contributed by atoms with Gasteiger partial charge >= 0.3 is 0 Å². The highest BCUT2D eigenvalue weighted by Gasteiger charge is 2.19. The van der Waals surface area contributed by atoms with Crippen LogP contribution in [0, 0.1) is 12.8 Å². The Balaban J connectivity index is 1.89. The number of hydrogen-bond donors (Lipinski definition) is 1. The Morgan fingerprint density at radius 1 is 1.35 bits per heavy atom. The van der Waals surface area contributed by atoms with Crippen LogP contribution in [0.5, 0.6) is 0 Å². The van der Waals surface area contributed by atoms with E-state index >= 15 is 0 Å². The number of aryl methyl sites for hydroxylation is 1. The molecule has 1 aliphatic heterocycles. The molecule has 0 spiro atoms. The maximum atomic E-state index is 4.57. The second kappa shape index (κ2) is 4.39. The third-order valence-corrected chi connectivity index (χ3v) is 4.53. The smallest absolute Gasteiger partial charge is 0.0907 e. The summed E-state index contributed by atoms with van der Waals surface area (Å²) in [5, 5.41) is 4.79. The zero-order valence-electron chi connectivity index (χ0n) is 10.4. The molecule has 3 rings (SSSR count). The van der Waals surface area contributed by atoms with Crippen LogP contribution in [0.2, 0.25) is 0 Å². The van der Waals surface area contributed by atoms with E-state index in [0.717, 1.165) is 23.0 Å². The first kappa shape index (κ1) is 11.2. The molecular formula is C14H18N2S. The number of hydrogen-bond acceptors (Lipinski definition) is 3. The Morgan fingerprint density at radius 3 is 3.00 bits per heavy atom. The summed E-state index contributed by atoms with van der Waals surface area (Å²) in [6.07, 6.45) is 2.57. The van der Waals surface area contributed by atoms with E-state index in [0.29, 0.717) is 6.04 Å². The van der Waals surface area contributed by atoms with Crippen molar-refractivity contribution in [2.45, 2.75) is 32.7 Å². The molecule has 2 aromatic rings. The van der Waals surface area contributed by atoms with Gasteiger partial charge in [0, 0.05) is 6.04 Å². The lowest BCUT2D eigenvalue weighted by atomic mass is 9.92. The largest absolute Gasteiger partial charge is 0.310 e. The van der Waals surface area contributed by atoms with E-state index in [1.54, 1.807) is 11.3 Å². The number of nitrogens with zero attached hydrogens (tertiary/aromatic N) is 1. The molecule has 1 N–H and O–H groups in total. The fraction of sp³-hybridized carbons (Fsp3) is 0.500. The summed E-state index contributed by atoms with van der Waals surface area (Å²) in [6, 6.07) is 7.26. The first-order valence-electron chi connectivity index (χ1n) is 6.33. The second-order valence-corrected chi connectivity index (χ2v) is 6.34. The molecule has 2 nitrogen and oxygen atoms in total. The van der Waals surface area contributed by atoms with E-state index in [2.05, 4.69) is 42.3 Å². The van der Waals surface area contributed by atoms with Gasteiger partial charge in [0.15, 0.2) is 0 Å². The summed E-state index contributed by atoms with van der Waals surface area (Å²) >= 11 is 1.78. The number of rotatable bonds is 1. The maximum Gasteiger partial charge on any atom is 0.0907 e. The Labute approximate surface area is 106 Å². The zero-order chi connectivity index (χ0) is 11.8. The van der Waals surface area contributed by atoms with Gasteiger partial charge in [-0.25, -0.2) is 4.98 Å². The molecule has 2 heterocycles. The Morgan fingerprint density at radius 2 is 2.24 bits per heavy atom. The highest BCUT2D eigenvalue weighted by molar-refractivity contribution is 7.18. The van der Waals surface area contributed by atoms with Gasteiger partial charge in [0.25, 0.3) is 0 Å². The first-order chi connectivity index (χ1) is 8.22. The molecule has 17 heavy (non-hydrogen) atoms. The predicted octanol–water partition coefficient (Wildman–Crippen LogP) is 3.67. The number of fused-ring (bicyclic) bond motifs is 1. The highest BCUT2D eigenvalue weighted by Crippen LogP contribution is 2.29. The summed E-state index contributed by atoms with van der Waals surface area (Å²) in [5.41, 5.74) is 2.56. The number of thiazole rings is 1. The quantitative estimate of drug-likeness (QED) is 0.830. The average Bonchev–Trinajstić information content (AvgIpc) is 2.69. The molecule has 1 aromatic heterocycles. The predicted molar refractivity (Wildman–Crippen MR) is 73.5 cm³/mol. The van der Waals surface area contributed by atoms with Crippen molar-refractivity contribution in [3.63, 3.8) is 0 Å². The molecule has 0 aliphatic carbocycles. The van der Waals surface area contributed by atoms with Crippen LogP contribution in [0.1, 0.15) is 36.4 Å². The van der Waals surface area contributed by atoms with Crippen LogP contribution in [-0.4, -0.2) is 11.5 Å². The van der Waals surface area contributed by atoms with Crippen LogP contribution in [-0.2, 0) is 0 Å². The standard InChI is InChI=1S/C14H18N2S/c1-9-3-5-12(15-8-9)11-4-6-14-13(7-11)16-10(2)17-14/h4,6-7,9,12,15H,3,5,8H2,1-2H3. The molecule has 90 valence electrons. The molecule has 2 atom stereocenters. The van der Waals surface area contributed by atoms with Crippen molar-refractivity contribution in [1.82, 2.24) is 10.3 Å². The van der Waals surface area contributed by atoms with E-state index < -0.39 is 0 Å². The molecule has 2 unspecified atom stereocenters. The van der Waals surface area contributed by atoms with Gasteiger partial charge in [-0.15, -0.1) is 11.3 Å². The van der Waals surface area contributed by atoms with Gasteiger partial charge in [-0.05, 0) is 49.9 Å². The molecule has 1 fully saturated rings. The van der Waals surface area contributed by atoms with Crippen molar-refractivity contribution in [3.05, 3.63) is 28.8 Å². The fourth-order valence-electron chi connectivity index (χ4n) is 2.56. The van der Waals surface area contributed by atoms with Crippen LogP contribution in [0.3, 0.4) is 0 Å². The van der Waals surface area contributed by atoms with E-state index in [1.165, 1.54) is 23.1 Å². The minimum absolute atomic E-state index is 0.526. The minimum Gasteiger partial charge on any atom is -0.310 e. The molecule has 1 saturated heterocycles. The Kier molecular flexibility index (Phi) is 2.89. The molecule has 0 bridgehead atoms.